The molecule has 2 unspecified atom stereocenters. The maximum absolute atomic E-state index is 11.8. The third kappa shape index (κ3) is 5.59. The lowest BCUT2D eigenvalue weighted by molar-refractivity contribution is -0.141. The number of nitrogens with one attached hydrogen (secondary N) is 1. The van der Waals surface area contributed by atoms with E-state index < -0.39 is 5.97 Å². The Morgan fingerprint density at radius 1 is 1.32 bits per heavy atom. The van der Waals surface area contributed by atoms with Gasteiger partial charge in [0.2, 0.25) is 5.91 Å². The molecule has 0 spiro atoms. The predicted octanol–water partition coefficient (Wildman–Crippen LogP) is 1.51. The standard InChI is InChI=1S/C14H26N2O3/c1-14(2,7-8-15)6-5-12(17)16-11-4-3-10(9-11)13(18)19/h10-11H,3-9,15H2,1-2H3,(H,16,17)(H,18,19). The van der Waals surface area contributed by atoms with Gasteiger partial charge in [-0.15, -0.1) is 0 Å². The number of carboxylic acid groups (broad SMARTS) is 1. The Hall–Kier alpha value is -1.10. The van der Waals surface area contributed by atoms with Crippen molar-refractivity contribution < 1.29 is 14.7 Å². The van der Waals surface area contributed by atoms with E-state index in [9.17, 15) is 9.59 Å². The van der Waals surface area contributed by atoms with E-state index in [4.69, 9.17) is 10.8 Å². The molecule has 0 aliphatic heterocycles. The van der Waals surface area contributed by atoms with Gasteiger partial charge in [-0.3, -0.25) is 9.59 Å². The molecular formula is C14H26N2O3. The monoisotopic (exact) mass is 270 g/mol. The smallest absolute Gasteiger partial charge is 0.306 e. The van der Waals surface area contributed by atoms with Gasteiger partial charge in [-0.25, -0.2) is 0 Å². The molecule has 0 aromatic carbocycles. The van der Waals surface area contributed by atoms with Gasteiger partial charge in [0.05, 0.1) is 5.92 Å². The van der Waals surface area contributed by atoms with Crippen LogP contribution in [-0.4, -0.2) is 29.6 Å². The molecule has 110 valence electrons. The second-order valence-corrected chi connectivity index (χ2v) is 6.32. The summed E-state index contributed by atoms with van der Waals surface area (Å²) in [5.74, 6) is -1.01. The van der Waals surface area contributed by atoms with Gasteiger partial charge in [-0.05, 0) is 44.1 Å². The normalized spacial score (nSPS) is 23.3. The quantitative estimate of drug-likeness (QED) is 0.654. The van der Waals surface area contributed by atoms with Gasteiger partial charge in [0.1, 0.15) is 0 Å². The summed E-state index contributed by atoms with van der Waals surface area (Å²) in [5.41, 5.74) is 5.63. The van der Waals surface area contributed by atoms with Crippen molar-refractivity contribution in [2.45, 2.75) is 58.4 Å². The second kappa shape index (κ2) is 6.89. The molecule has 1 fully saturated rings. The minimum absolute atomic E-state index is 0.0288. The van der Waals surface area contributed by atoms with Crippen molar-refractivity contribution in [1.82, 2.24) is 5.32 Å². The number of nitrogens with two attached hydrogens (primary N) is 1. The zero-order chi connectivity index (χ0) is 14.5. The van der Waals surface area contributed by atoms with Gasteiger partial charge in [-0.1, -0.05) is 13.8 Å². The van der Waals surface area contributed by atoms with E-state index in [1.807, 2.05) is 0 Å². The fraction of sp³-hybridized carbons (Fsp3) is 0.857. The van der Waals surface area contributed by atoms with Crippen molar-refractivity contribution in [2.24, 2.45) is 17.1 Å². The molecule has 0 radical (unpaired) electrons. The number of carbonyl (C=O) groups is 2. The first-order chi connectivity index (χ1) is 8.84. The fourth-order valence-corrected chi connectivity index (χ4v) is 2.60. The van der Waals surface area contributed by atoms with Crippen LogP contribution in [-0.2, 0) is 9.59 Å². The van der Waals surface area contributed by atoms with Crippen LogP contribution in [0, 0.1) is 11.3 Å². The summed E-state index contributed by atoms with van der Waals surface area (Å²) >= 11 is 0. The number of carboxylic acids is 1. The first-order valence-corrected chi connectivity index (χ1v) is 7.06. The highest BCUT2D eigenvalue weighted by atomic mass is 16.4. The Balaban J connectivity index is 2.27. The van der Waals surface area contributed by atoms with Crippen molar-refractivity contribution in [3.63, 3.8) is 0 Å². The minimum atomic E-state index is -0.749. The third-order valence-corrected chi connectivity index (χ3v) is 4.00. The molecule has 1 amide bonds. The van der Waals surface area contributed by atoms with Crippen LogP contribution in [0.2, 0.25) is 0 Å². The molecule has 0 bridgehead atoms. The van der Waals surface area contributed by atoms with Gasteiger partial charge >= 0.3 is 5.97 Å². The molecule has 0 heterocycles. The number of aliphatic carboxylic acids is 1. The Morgan fingerprint density at radius 3 is 2.53 bits per heavy atom. The summed E-state index contributed by atoms with van der Waals surface area (Å²) in [5, 5.41) is 11.9. The largest absolute Gasteiger partial charge is 0.481 e. The van der Waals surface area contributed by atoms with Crippen LogP contribution in [0.25, 0.3) is 0 Å². The van der Waals surface area contributed by atoms with Crippen LogP contribution in [0.3, 0.4) is 0 Å². The Labute approximate surface area is 114 Å². The van der Waals surface area contributed by atoms with E-state index in [-0.39, 0.29) is 23.3 Å². The van der Waals surface area contributed by atoms with Gasteiger partial charge in [0.25, 0.3) is 0 Å². The Morgan fingerprint density at radius 2 is 2.00 bits per heavy atom. The highest BCUT2D eigenvalue weighted by molar-refractivity contribution is 5.76. The van der Waals surface area contributed by atoms with Crippen molar-refractivity contribution >= 4 is 11.9 Å². The summed E-state index contributed by atoms with van der Waals surface area (Å²) in [7, 11) is 0. The van der Waals surface area contributed by atoms with Crippen molar-refractivity contribution in [1.29, 1.82) is 0 Å². The number of carbonyl (C=O) groups excluding carboxylic acids is 1. The maximum Gasteiger partial charge on any atom is 0.306 e. The van der Waals surface area contributed by atoms with Crippen LogP contribution in [0.4, 0.5) is 0 Å². The molecule has 1 aliphatic rings. The first-order valence-electron chi connectivity index (χ1n) is 7.06. The topological polar surface area (TPSA) is 92.4 Å². The highest BCUT2D eigenvalue weighted by Gasteiger charge is 2.30. The first kappa shape index (κ1) is 16.0. The number of amides is 1. The van der Waals surface area contributed by atoms with Crippen LogP contribution in [0.5, 0.6) is 0 Å². The summed E-state index contributed by atoms with van der Waals surface area (Å²) in [6, 6.07) is 0.0335. The molecule has 5 nitrogen and oxygen atoms in total. The van der Waals surface area contributed by atoms with E-state index in [1.54, 1.807) is 0 Å². The molecule has 4 N–H and O–H groups in total. The maximum atomic E-state index is 11.8. The second-order valence-electron chi connectivity index (χ2n) is 6.32. The molecule has 1 rings (SSSR count). The lowest BCUT2D eigenvalue weighted by Gasteiger charge is -2.23. The number of hydrogen-bond acceptors (Lipinski definition) is 3. The molecule has 0 aromatic heterocycles. The summed E-state index contributed by atoms with van der Waals surface area (Å²) in [6.45, 7) is 4.86. The summed E-state index contributed by atoms with van der Waals surface area (Å²) in [4.78, 5) is 22.7. The minimum Gasteiger partial charge on any atom is -0.481 e. The zero-order valence-electron chi connectivity index (χ0n) is 11.9. The van der Waals surface area contributed by atoms with E-state index in [0.29, 0.717) is 25.8 Å². The van der Waals surface area contributed by atoms with Crippen LogP contribution in [0.15, 0.2) is 0 Å². The lowest BCUT2D eigenvalue weighted by atomic mass is 9.84. The molecule has 1 saturated carbocycles. The molecule has 2 atom stereocenters. The van der Waals surface area contributed by atoms with E-state index in [0.717, 1.165) is 19.3 Å². The number of hydrogen-bond donors (Lipinski definition) is 3. The van der Waals surface area contributed by atoms with Crippen molar-refractivity contribution in [3.8, 4) is 0 Å². The van der Waals surface area contributed by atoms with Gasteiger partial charge in [-0.2, -0.15) is 0 Å². The Bertz CT molecular complexity index is 329. The predicted molar refractivity (Wildman–Crippen MR) is 73.6 cm³/mol. The zero-order valence-corrected chi connectivity index (χ0v) is 11.9. The summed E-state index contributed by atoms with van der Waals surface area (Å²) < 4.78 is 0. The van der Waals surface area contributed by atoms with E-state index >= 15 is 0 Å². The molecule has 1 aliphatic carbocycles. The molecule has 0 aromatic rings. The molecule has 19 heavy (non-hydrogen) atoms. The van der Waals surface area contributed by atoms with E-state index in [2.05, 4.69) is 19.2 Å². The highest BCUT2D eigenvalue weighted by Crippen LogP contribution is 2.27. The van der Waals surface area contributed by atoms with Crippen LogP contribution >= 0.6 is 0 Å². The van der Waals surface area contributed by atoms with E-state index in [1.165, 1.54) is 0 Å². The molecule has 0 saturated heterocycles. The summed E-state index contributed by atoms with van der Waals surface area (Å²) in [6.07, 6.45) is 4.21. The van der Waals surface area contributed by atoms with Gasteiger partial charge in [0.15, 0.2) is 0 Å². The SMILES string of the molecule is CC(C)(CCN)CCC(=O)NC1CCC(C(=O)O)C1. The van der Waals surface area contributed by atoms with Crippen molar-refractivity contribution in [3.05, 3.63) is 0 Å². The average molecular weight is 270 g/mol. The van der Waals surface area contributed by atoms with Crippen LogP contribution < -0.4 is 11.1 Å². The fourth-order valence-electron chi connectivity index (χ4n) is 2.60. The molecular weight excluding hydrogens is 244 g/mol. The van der Waals surface area contributed by atoms with Gasteiger partial charge < -0.3 is 16.2 Å². The lowest BCUT2D eigenvalue weighted by Crippen LogP contribution is -2.34. The number of rotatable bonds is 7. The van der Waals surface area contributed by atoms with Crippen LogP contribution in [0.1, 0.15) is 52.4 Å². The Kier molecular flexibility index (Phi) is 5.79. The molecule has 5 heteroatoms. The van der Waals surface area contributed by atoms with Crippen molar-refractivity contribution in [2.75, 3.05) is 6.54 Å². The average Bonchev–Trinajstić information content (AvgIpc) is 2.75. The van der Waals surface area contributed by atoms with Gasteiger partial charge in [0, 0.05) is 12.5 Å². The third-order valence-electron chi connectivity index (χ3n) is 4.00.